The molecular formula is C22H21Cl2NO2. The van der Waals surface area contributed by atoms with Crippen LogP contribution >= 0.6 is 23.2 Å². The average Bonchev–Trinajstić information content (AvgIpc) is 2.70. The van der Waals surface area contributed by atoms with Gasteiger partial charge in [-0.15, -0.1) is 0 Å². The van der Waals surface area contributed by atoms with Crippen molar-refractivity contribution < 1.29 is 9.47 Å². The molecule has 0 saturated heterocycles. The second kappa shape index (κ2) is 9.65. The number of para-hydroxylation sites is 1. The van der Waals surface area contributed by atoms with Gasteiger partial charge in [-0.3, -0.25) is 0 Å². The third kappa shape index (κ3) is 5.39. The lowest BCUT2D eigenvalue weighted by Gasteiger charge is -2.16. The van der Waals surface area contributed by atoms with E-state index in [9.17, 15) is 0 Å². The molecular weight excluding hydrogens is 381 g/mol. The van der Waals surface area contributed by atoms with E-state index in [4.69, 9.17) is 32.7 Å². The predicted octanol–water partition coefficient (Wildman–Crippen LogP) is 5.87. The van der Waals surface area contributed by atoms with Crippen LogP contribution in [0.4, 0.5) is 0 Å². The first-order valence-electron chi connectivity index (χ1n) is 8.64. The first-order valence-corrected chi connectivity index (χ1v) is 9.40. The van der Waals surface area contributed by atoms with Gasteiger partial charge in [0, 0.05) is 18.7 Å². The van der Waals surface area contributed by atoms with Crippen LogP contribution in [0.2, 0.25) is 10.0 Å². The standard InChI is InChI=1S/C22H21Cl2NO2/c1-26-21-9-5-8-18(14-25-13-16-6-3-2-4-7-16)22(21)27-15-17-10-11-19(23)20(24)12-17/h2-12,25H,13-15H2,1H3. The molecule has 0 aliphatic carbocycles. The quantitative estimate of drug-likeness (QED) is 0.511. The van der Waals surface area contributed by atoms with E-state index < -0.39 is 0 Å². The highest BCUT2D eigenvalue weighted by atomic mass is 35.5. The molecule has 3 aromatic rings. The molecule has 0 heterocycles. The lowest BCUT2D eigenvalue weighted by atomic mass is 10.1. The third-order valence-electron chi connectivity index (χ3n) is 4.13. The van der Waals surface area contributed by atoms with E-state index in [1.54, 1.807) is 13.2 Å². The Morgan fingerprint density at radius 2 is 1.63 bits per heavy atom. The van der Waals surface area contributed by atoms with Crippen molar-refractivity contribution in [2.45, 2.75) is 19.7 Å². The van der Waals surface area contributed by atoms with Gasteiger partial charge in [-0.05, 0) is 29.3 Å². The van der Waals surface area contributed by atoms with Crippen LogP contribution in [0.15, 0.2) is 66.7 Å². The molecule has 5 heteroatoms. The maximum atomic E-state index is 6.09. The van der Waals surface area contributed by atoms with Gasteiger partial charge >= 0.3 is 0 Å². The Labute approximate surface area is 169 Å². The summed E-state index contributed by atoms with van der Waals surface area (Å²) in [6.07, 6.45) is 0. The Morgan fingerprint density at radius 1 is 0.815 bits per heavy atom. The largest absolute Gasteiger partial charge is 0.493 e. The number of halogens is 2. The Bertz CT molecular complexity index is 885. The number of methoxy groups -OCH3 is 1. The van der Waals surface area contributed by atoms with Crippen molar-refractivity contribution in [3.8, 4) is 11.5 Å². The highest BCUT2D eigenvalue weighted by molar-refractivity contribution is 6.42. The van der Waals surface area contributed by atoms with E-state index in [-0.39, 0.29) is 0 Å². The van der Waals surface area contributed by atoms with Crippen LogP contribution in [-0.4, -0.2) is 7.11 Å². The maximum Gasteiger partial charge on any atom is 0.166 e. The molecule has 27 heavy (non-hydrogen) atoms. The Hall–Kier alpha value is -2.20. The topological polar surface area (TPSA) is 30.5 Å². The van der Waals surface area contributed by atoms with Gasteiger partial charge in [0.2, 0.25) is 0 Å². The third-order valence-corrected chi connectivity index (χ3v) is 4.87. The van der Waals surface area contributed by atoms with Crippen molar-refractivity contribution in [1.29, 1.82) is 0 Å². The van der Waals surface area contributed by atoms with Crippen LogP contribution in [0.3, 0.4) is 0 Å². The summed E-state index contributed by atoms with van der Waals surface area (Å²) in [6.45, 7) is 1.83. The lowest BCUT2D eigenvalue weighted by molar-refractivity contribution is 0.280. The van der Waals surface area contributed by atoms with Gasteiger partial charge in [-0.1, -0.05) is 71.7 Å². The van der Waals surface area contributed by atoms with Crippen molar-refractivity contribution in [2.75, 3.05) is 7.11 Å². The Balaban J connectivity index is 1.69. The van der Waals surface area contributed by atoms with Gasteiger partial charge in [0.25, 0.3) is 0 Å². The van der Waals surface area contributed by atoms with Crippen LogP contribution in [-0.2, 0) is 19.7 Å². The lowest BCUT2D eigenvalue weighted by Crippen LogP contribution is -2.14. The molecule has 0 bridgehead atoms. The van der Waals surface area contributed by atoms with Crippen LogP contribution in [0.1, 0.15) is 16.7 Å². The van der Waals surface area contributed by atoms with E-state index >= 15 is 0 Å². The molecule has 0 radical (unpaired) electrons. The molecule has 0 atom stereocenters. The van der Waals surface area contributed by atoms with E-state index in [2.05, 4.69) is 17.4 Å². The maximum absolute atomic E-state index is 6.09. The van der Waals surface area contributed by atoms with Gasteiger partial charge < -0.3 is 14.8 Å². The summed E-state index contributed by atoms with van der Waals surface area (Å²) >= 11 is 12.1. The van der Waals surface area contributed by atoms with E-state index in [1.807, 2.05) is 48.5 Å². The number of hydrogen-bond acceptors (Lipinski definition) is 3. The molecule has 3 rings (SSSR count). The summed E-state index contributed by atoms with van der Waals surface area (Å²) in [5.41, 5.74) is 3.21. The fraction of sp³-hybridized carbons (Fsp3) is 0.182. The number of ether oxygens (including phenoxy) is 2. The molecule has 3 aromatic carbocycles. The molecule has 0 fully saturated rings. The molecule has 0 spiro atoms. The summed E-state index contributed by atoms with van der Waals surface area (Å²) in [7, 11) is 1.64. The van der Waals surface area contributed by atoms with Gasteiger partial charge in [0.1, 0.15) is 6.61 Å². The highest BCUT2D eigenvalue weighted by Crippen LogP contribution is 2.32. The van der Waals surface area contributed by atoms with Gasteiger partial charge in [-0.2, -0.15) is 0 Å². The number of hydrogen-bond donors (Lipinski definition) is 1. The SMILES string of the molecule is COc1cccc(CNCc2ccccc2)c1OCc1ccc(Cl)c(Cl)c1. The zero-order chi connectivity index (χ0) is 19.1. The minimum absolute atomic E-state index is 0.378. The summed E-state index contributed by atoms with van der Waals surface area (Å²) in [4.78, 5) is 0. The second-order valence-electron chi connectivity index (χ2n) is 6.07. The monoisotopic (exact) mass is 401 g/mol. The van der Waals surface area contributed by atoms with Crippen LogP contribution in [0.5, 0.6) is 11.5 Å². The molecule has 0 aliphatic heterocycles. The summed E-state index contributed by atoms with van der Waals surface area (Å²) < 4.78 is 11.6. The van der Waals surface area contributed by atoms with E-state index in [0.717, 1.165) is 23.4 Å². The fourth-order valence-electron chi connectivity index (χ4n) is 2.75. The molecule has 0 saturated carbocycles. The number of benzene rings is 3. The molecule has 0 aliphatic rings. The van der Waals surface area contributed by atoms with Crippen LogP contribution < -0.4 is 14.8 Å². The molecule has 0 aromatic heterocycles. The van der Waals surface area contributed by atoms with Crippen molar-refractivity contribution in [3.05, 3.63) is 93.5 Å². The number of rotatable bonds is 8. The van der Waals surface area contributed by atoms with E-state index in [1.165, 1.54) is 5.56 Å². The normalized spacial score (nSPS) is 10.6. The van der Waals surface area contributed by atoms with Crippen molar-refractivity contribution in [3.63, 3.8) is 0 Å². The van der Waals surface area contributed by atoms with Crippen LogP contribution in [0, 0.1) is 0 Å². The number of nitrogens with one attached hydrogen (secondary N) is 1. The first-order chi connectivity index (χ1) is 13.2. The Morgan fingerprint density at radius 3 is 2.37 bits per heavy atom. The first kappa shape index (κ1) is 19.6. The molecule has 140 valence electrons. The van der Waals surface area contributed by atoms with Crippen molar-refractivity contribution in [1.82, 2.24) is 5.32 Å². The molecule has 1 N–H and O–H groups in total. The Kier molecular flexibility index (Phi) is 6.99. The summed E-state index contributed by atoms with van der Waals surface area (Å²) in [6, 6.07) is 21.7. The zero-order valence-corrected chi connectivity index (χ0v) is 16.6. The van der Waals surface area contributed by atoms with Gasteiger partial charge in [-0.25, -0.2) is 0 Å². The minimum Gasteiger partial charge on any atom is -0.493 e. The zero-order valence-electron chi connectivity index (χ0n) is 15.0. The van der Waals surface area contributed by atoms with Crippen molar-refractivity contribution in [2.24, 2.45) is 0 Å². The van der Waals surface area contributed by atoms with Crippen LogP contribution in [0.25, 0.3) is 0 Å². The predicted molar refractivity (Wildman–Crippen MR) is 111 cm³/mol. The van der Waals surface area contributed by atoms with Gasteiger partial charge in [0.15, 0.2) is 11.5 Å². The molecule has 3 nitrogen and oxygen atoms in total. The summed E-state index contributed by atoms with van der Waals surface area (Å²) in [5.74, 6) is 1.43. The van der Waals surface area contributed by atoms with E-state index in [0.29, 0.717) is 28.9 Å². The van der Waals surface area contributed by atoms with Gasteiger partial charge in [0.05, 0.1) is 17.2 Å². The fourth-order valence-corrected chi connectivity index (χ4v) is 3.07. The second-order valence-corrected chi connectivity index (χ2v) is 6.89. The minimum atomic E-state index is 0.378. The highest BCUT2D eigenvalue weighted by Gasteiger charge is 2.11. The average molecular weight is 402 g/mol. The van der Waals surface area contributed by atoms with Crippen molar-refractivity contribution >= 4 is 23.2 Å². The smallest absolute Gasteiger partial charge is 0.166 e. The summed E-state index contributed by atoms with van der Waals surface area (Å²) in [5, 5.41) is 4.50. The molecule has 0 amide bonds. The molecule has 0 unspecified atom stereocenters.